The zero-order valence-corrected chi connectivity index (χ0v) is 54.4. The van der Waals surface area contributed by atoms with E-state index in [4.69, 9.17) is 21.6 Å². The van der Waals surface area contributed by atoms with Crippen LogP contribution in [0.3, 0.4) is 0 Å². The van der Waals surface area contributed by atoms with Crippen LogP contribution in [0.4, 0.5) is 0 Å². The average molecular weight is 1290 g/mol. The van der Waals surface area contributed by atoms with Crippen LogP contribution in [-0.4, -0.2) is 24.5 Å². The molecule has 22 rings (SSSR count). The molecule has 21 aromatic rings. The van der Waals surface area contributed by atoms with E-state index in [9.17, 15) is 0 Å². The van der Waals surface area contributed by atoms with E-state index in [-0.39, 0.29) is 5.28 Å². The Balaban J connectivity index is 0.000000110. The molecule has 0 saturated heterocycles. The number of aromatic nitrogens is 5. The van der Waals surface area contributed by atoms with Crippen LogP contribution < -0.4 is 0 Å². The van der Waals surface area contributed by atoms with Crippen LogP contribution in [0.15, 0.2) is 303 Å². The van der Waals surface area contributed by atoms with E-state index in [1.807, 2.05) is 46.9 Å². The quantitative estimate of drug-likeness (QED) is 0.131. The van der Waals surface area contributed by atoms with Crippen LogP contribution in [0.5, 0.6) is 0 Å². The number of nitrogens with zero attached hydrogens (tertiary/aromatic N) is 5. The first kappa shape index (κ1) is 55.7. The molecule has 5 heterocycles. The molecule has 0 radical (unpaired) electrons. The van der Waals surface area contributed by atoms with Crippen LogP contribution in [-0.2, 0) is 6.42 Å². The summed E-state index contributed by atoms with van der Waals surface area (Å²) < 4.78 is 7.74. The van der Waals surface area contributed by atoms with Crippen molar-refractivity contribution in [3.63, 3.8) is 0 Å². The molecule has 5 aromatic heterocycles. The Morgan fingerprint density at radius 1 is 0.299 bits per heavy atom. The van der Waals surface area contributed by atoms with Gasteiger partial charge in [-0.2, -0.15) is 0 Å². The highest BCUT2D eigenvalue weighted by atomic mass is 35.5. The molecule has 5 nitrogen and oxygen atoms in total. The number of hydrogen-bond acceptors (Lipinski definition) is 6. The lowest BCUT2D eigenvalue weighted by Crippen LogP contribution is -2.04. The van der Waals surface area contributed by atoms with Gasteiger partial charge in [0.15, 0.2) is 0 Å². The second kappa shape index (κ2) is 22.2. The molecule has 0 spiro atoms. The topological polar surface area (TPSA) is 56.5 Å². The number of hydrogen-bond donors (Lipinski definition) is 0. The molecular weight excluding hydrogens is 1240 g/mol. The molecule has 452 valence electrons. The van der Waals surface area contributed by atoms with Crippen molar-refractivity contribution in [2.75, 3.05) is 0 Å². The molecule has 0 saturated carbocycles. The Morgan fingerprint density at radius 3 is 1.27 bits per heavy atom. The fraction of sp³-hybridized carbons (Fsp3) is 0.0112. The molecule has 0 bridgehead atoms. The van der Waals surface area contributed by atoms with Gasteiger partial charge in [0.25, 0.3) is 0 Å². The van der Waals surface area contributed by atoms with Crippen molar-refractivity contribution < 1.29 is 0 Å². The maximum absolute atomic E-state index is 6.30. The molecule has 1 aliphatic rings. The molecule has 0 amide bonds. The van der Waals surface area contributed by atoms with Crippen molar-refractivity contribution in [1.82, 2.24) is 24.5 Å². The van der Waals surface area contributed by atoms with Gasteiger partial charge in [0.05, 0.1) is 38.2 Å². The number of rotatable bonds is 3. The van der Waals surface area contributed by atoms with E-state index < -0.39 is 0 Å². The lowest BCUT2D eigenvalue weighted by atomic mass is 9.94. The van der Waals surface area contributed by atoms with Gasteiger partial charge in [-0.25, -0.2) is 19.9 Å². The average Bonchev–Trinajstić information content (AvgIpc) is 1.57. The fourth-order valence-corrected chi connectivity index (χ4v) is 18.5. The SMILES string of the molecule is Clc1nc(-c2ccccc2)c2c3ccccc3c3ccccc3c2n1.c1ccc(-c2nc(-n3c4ccccc4c4c5ccccc5c5c6ccccc6sc5c43)nc3c4ccccc4c4ccccc4c23)cc1.c1ccc2c(c1)Cc1c-2c2ccccc2c2c1sc1ccccc12. The first-order valence-electron chi connectivity index (χ1n) is 32.8. The van der Waals surface area contributed by atoms with Crippen molar-refractivity contribution in [2.45, 2.75) is 6.42 Å². The summed E-state index contributed by atoms with van der Waals surface area (Å²) in [5.41, 5.74) is 13.9. The second-order valence-electron chi connectivity index (χ2n) is 25.0. The highest BCUT2D eigenvalue weighted by molar-refractivity contribution is 7.27. The zero-order chi connectivity index (χ0) is 63.8. The third-order valence-corrected chi connectivity index (χ3v) is 22.4. The third-order valence-electron chi connectivity index (χ3n) is 19.9. The summed E-state index contributed by atoms with van der Waals surface area (Å²) in [6, 6.07) is 108. The van der Waals surface area contributed by atoms with E-state index in [2.05, 4.69) is 294 Å². The van der Waals surface area contributed by atoms with Gasteiger partial charge in [0.2, 0.25) is 11.2 Å². The lowest BCUT2D eigenvalue weighted by Gasteiger charge is -2.16. The lowest BCUT2D eigenvalue weighted by molar-refractivity contribution is 1.02. The van der Waals surface area contributed by atoms with Crippen LogP contribution in [0.2, 0.25) is 5.28 Å². The number of para-hydroxylation sites is 1. The summed E-state index contributed by atoms with van der Waals surface area (Å²) in [5, 5.41) is 24.9. The normalized spacial score (nSPS) is 12.1. The summed E-state index contributed by atoms with van der Waals surface area (Å²) in [5.74, 6) is 0.682. The Hall–Kier alpha value is -11.7. The second-order valence-corrected chi connectivity index (χ2v) is 27.5. The molecule has 1 aliphatic carbocycles. The molecule has 16 aromatic carbocycles. The van der Waals surface area contributed by atoms with E-state index in [1.165, 1.54) is 116 Å². The Bertz CT molecular complexity index is 6870. The van der Waals surface area contributed by atoms with E-state index in [1.54, 1.807) is 0 Å². The number of thiophene rings is 2. The summed E-state index contributed by atoms with van der Waals surface area (Å²) in [4.78, 5) is 20.3. The largest absolute Gasteiger partial charge is 0.276 e. The summed E-state index contributed by atoms with van der Waals surface area (Å²) in [7, 11) is 0. The van der Waals surface area contributed by atoms with Gasteiger partial charge in [-0.15, -0.1) is 22.7 Å². The number of benzene rings is 16. The zero-order valence-electron chi connectivity index (χ0n) is 52.0. The summed E-state index contributed by atoms with van der Waals surface area (Å²) in [6.07, 6.45) is 1.06. The van der Waals surface area contributed by atoms with Crippen molar-refractivity contribution in [3.05, 3.63) is 320 Å². The van der Waals surface area contributed by atoms with E-state index >= 15 is 0 Å². The third kappa shape index (κ3) is 8.56. The minimum Gasteiger partial charge on any atom is -0.276 e. The molecule has 0 aliphatic heterocycles. The highest BCUT2D eigenvalue weighted by Crippen LogP contribution is 2.52. The molecule has 0 fully saturated rings. The van der Waals surface area contributed by atoms with Gasteiger partial charge < -0.3 is 0 Å². The Morgan fingerprint density at radius 2 is 0.691 bits per heavy atom. The minimum absolute atomic E-state index is 0.270. The van der Waals surface area contributed by atoms with Crippen LogP contribution in [0, 0.1) is 0 Å². The van der Waals surface area contributed by atoms with Gasteiger partial charge in [-0.3, -0.25) is 4.57 Å². The predicted octanol–water partition coefficient (Wildman–Crippen LogP) is 25.3. The summed E-state index contributed by atoms with van der Waals surface area (Å²) in [6.45, 7) is 0. The Kier molecular flexibility index (Phi) is 12.8. The maximum atomic E-state index is 6.30. The van der Waals surface area contributed by atoms with Crippen LogP contribution in [0.1, 0.15) is 11.1 Å². The van der Waals surface area contributed by atoms with E-state index in [0.29, 0.717) is 5.95 Å². The van der Waals surface area contributed by atoms with E-state index in [0.717, 1.165) is 83.3 Å². The molecule has 97 heavy (non-hydrogen) atoms. The monoisotopic (exact) mass is 1290 g/mol. The van der Waals surface area contributed by atoms with Gasteiger partial charge in [-0.1, -0.05) is 285 Å². The van der Waals surface area contributed by atoms with Gasteiger partial charge in [0.1, 0.15) is 0 Å². The summed E-state index contributed by atoms with van der Waals surface area (Å²) >= 11 is 10.1. The first-order chi connectivity index (χ1) is 48.1. The first-order valence-corrected chi connectivity index (χ1v) is 34.8. The van der Waals surface area contributed by atoms with Gasteiger partial charge in [-0.05, 0) is 106 Å². The molecule has 8 heteroatoms. The maximum Gasteiger partial charge on any atom is 0.235 e. The molecule has 0 atom stereocenters. The van der Waals surface area contributed by atoms with Gasteiger partial charge >= 0.3 is 0 Å². The molecule has 0 N–H and O–H groups in total. The van der Waals surface area contributed by atoms with Crippen molar-refractivity contribution in [1.29, 1.82) is 0 Å². The van der Waals surface area contributed by atoms with Gasteiger partial charge in [0, 0.05) is 85.5 Å². The van der Waals surface area contributed by atoms with Crippen LogP contribution in [0.25, 0.3) is 188 Å². The smallest absolute Gasteiger partial charge is 0.235 e. The minimum atomic E-state index is 0.270. The number of fused-ring (bicyclic) bond motifs is 32. The number of halogens is 1. The van der Waals surface area contributed by atoms with Crippen molar-refractivity contribution in [2.24, 2.45) is 0 Å². The molecule has 0 unspecified atom stereocenters. The standard InChI is InChI=1S/C44H25N3S.C23H14S.C22H13ClN2/c1-2-14-26(15-3-1)40-39-29-18-6-4-16-27(29)28-17-5-9-21-32(28)41(39)46-44(45-40)47-35-24-12-10-22-33(35)37-30-19-7-8-20-31(30)38-34-23-11-13-25-36(34)48-43(38)42(37)47;1-2-8-15-14(7-1)13-19-21(15)16-9-3-4-10-17(16)22-18-11-5-6-12-20(18)24-23(19)22;23-22-24-20(14-8-2-1-3-9-14)19-17-12-6-4-10-15(17)16-11-5-7-13-18(16)21(19)25-22/h1-25H;1-12H,13H2;1-13H. The van der Waals surface area contributed by atoms with Crippen molar-refractivity contribution >= 4 is 183 Å². The highest BCUT2D eigenvalue weighted by Gasteiger charge is 2.28. The van der Waals surface area contributed by atoms with Crippen molar-refractivity contribution in [3.8, 4) is 39.6 Å². The van der Waals surface area contributed by atoms with Crippen LogP contribution >= 0.6 is 34.3 Å². The predicted molar refractivity (Wildman–Crippen MR) is 415 cm³/mol. The Labute approximate surface area is 569 Å². The molecular formula is C89H52ClN5S2. The fourth-order valence-electron chi connectivity index (χ4n) is 15.9.